The van der Waals surface area contributed by atoms with Crippen LogP contribution in [0, 0.1) is 5.82 Å². The minimum absolute atomic E-state index is 0.173. The molecule has 0 radical (unpaired) electrons. The zero-order chi connectivity index (χ0) is 31.6. The first-order valence-corrected chi connectivity index (χ1v) is 14.2. The van der Waals surface area contributed by atoms with Gasteiger partial charge in [0.2, 0.25) is 0 Å². The highest BCUT2D eigenvalue weighted by atomic mass is 19.1. The van der Waals surface area contributed by atoms with E-state index in [0.717, 1.165) is 12.8 Å². The molecule has 1 fully saturated rings. The topological polar surface area (TPSA) is 119 Å². The highest BCUT2D eigenvalue weighted by Gasteiger charge is 2.32. The van der Waals surface area contributed by atoms with E-state index in [1.807, 2.05) is 0 Å². The van der Waals surface area contributed by atoms with E-state index in [1.54, 1.807) is 77.1 Å². The average Bonchev–Trinajstić information content (AvgIpc) is 3.75. The van der Waals surface area contributed by atoms with E-state index < -0.39 is 34.6 Å². The Kier molecular flexibility index (Phi) is 9.01. The summed E-state index contributed by atoms with van der Waals surface area (Å²) < 4.78 is 30.4. The molecule has 1 heterocycles. The van der Waals surface area contributed by atoms with Crippen LogP contribution in [0.1, 0.15) is 76.0 Å². The number of methoxy groups -OCH3 is 1. The smallest absolute Gasteiger partial charge is 0.408 e. The van der Waals surface area contributed by atoms with Crippen molar-refractivity contribution in [3.63, 3.8) is 0 Å². The van der Waals surface area contributed by atoms with Crippen LogP contribution in [-0.2, 0) is 15.9 Å². The van der Waals surface area contributed by atoms with Gasteiger partial charge in [-0.3, -0.25) is 4.79 Å². The van der Waals surface area contributed by atoms with Crippen molar-refractivity contribution in [1.29, 1.82) is 0 Å². The van der Waals surface area contributed by atoms with Crippen LogP contribution in [-0.4, -0.2) is 47.5 Å². The van der Waals surface area contributed by atoms with Crippen molar-refractivity contribution >= 4 is 12.0 Å². The number of rotatable bonds is 10. The maximum absolute atomic E-state index is 13.7. The lowest BCUT2D eigenvalue weighted by Crippen LogP contribution is -2.44. The second kappa shape index (κ2) is 12.2. The number of alkyl carbamates (subject to hydrolysis) is 1. The number of carbonyl (C=O) groups is 2. The quantitative estimate of drug-likeness (QED) is 0.270. The van der Waals surface area contributed by atoms with Crippen molar-refractivity contribution in [1.82, 2.24) is 15.6 Å². The Bertz CT molecular complexity index is 1480. The molecule has 1 aliphatic carbocycles. The number of aromatic nitrogens is 1. The van der Waals surface area contributed by atoms with Crippen molar-refractivity contribution in [2.75, 3.05) is 13.7 Å². The van der Waals surface area contributed by atoms with Gasteiger partial charge < -0.3 is 30.0 Å². The summed E-state index contributed by atoms with van der Waals surface area (Å²) in [6.07, 6.45) is 1.55. The number of benzene rings is 2. The molecule has 1 aliphatic rings. The lowest BCUT2D eigenvalue weighted by atomic mass is 9.89. The molecular weight excluding hydrogens is 553 g/mol. The van der Waals surface area contributed by atoms with Gasteiger partial charge in [-0.15, -0.1) is 0 Å². The van der Waals surface area contributed by atoms with E-state index in [0.29, 0.717) is 33.9 Å². The van der Waals surface area contributed by atoms with Gasteiger partial charge >= 0.3 is 6.09 Å². The first kappa shape index (κ1) is 31.7. The minimum atomic E-state index is -1.62. The van der Waals surface area contributed by atoms with Gasteiger partial charge in [0.05, 0.1) is 36.7 Å². The van der Waals surface area contributed by atoms with E-state index in [9.17, 15) is 19.1 Å². The third kappa shape index (κ3) is 8.44. The average molecular weight is 594 g/mol. The second-order valence-electron chi connectivity index (χ2n) is 12.5. The molecule has 1 atom stereocenters. The third-order valence-corrected chi connectivity index (χ3v) is 6.89. The Hall–Kier alpha value is -4.18. The molecule has 0 aliphatic heterocycles. The monoisotopic (exact) mass is 593 g/mol. The van der Waals surface area contributed by atoms with Gasteiger partial charge in [0, 0.05) is 11.1 Å². The highest BCUT2D eigenvalue weighted by Crippen LogP contribution is 2.34. The fraction of sp³-hybridized carbons (Fsp3) is 0.424. The Morgan fingerprint density at radius 2 is 1.65 bits per heavy atom. The summed E-state index contributed by atoms with van der Waals surface area (Å²) in [7, 11) is 1.51. The Morgan fingerprint density at radius 3 is 2.26 bits per heavy atom. The van der Waals surface area contributed by atoms with Gasteiger partial charge in [-0.1, -0.05) is 0 Å². The molecule has 1 saturated carbocycles. The van der Waals surface area contributed by atoms with Crippen LogP contribution in [0.2, 0.25) is 0 Å². The van der Waals surface area contributed by atoms with Crippen LogP contribution in [0.4, 0.5) is 9.18 Å². The zero-order valence-corrected chi connectivity index (χ0v) is 25.7. The summed E-state index contributed by atoms with van der Waals surface area (Å²) in [6, 6.07) is 14.2. The number of hydrogen-bond acceptors (Lipinski definition) is 7. The van der Waals surface area contributed by atoms with Crippen molar-refractivity contribution in [3.05, 3.63) is 77.2 Å². The van der Waals surface area contributed by atoms with Crippen molar-refractivity contribution in [2.45, 2.75) is 77.2 Å². The number of ether oxygens (including phenoxy) is 3. The summed E-state index contributed by atoms with van der Waals surface area (Å²) in [5.74, 6) is 0.207. The van der Waals surface area contributed by atoms with Crippen LogP contribution in [0.3, 0.4) is 0 Å². The Morgan fingerprint density at radius 1 is 0.977 bits per heavy atom. The molecule has 3 aromatic rings. The van der Waals surface area contributed by atoms with Gasteiger partial charge in [-0.05, 0) is 115 Å². The molecule has 10 heteroatoms. The molecule has 4 rings (SSSR count). The molecule has 2 aromatic carbocycles. The predicted octanol–water partition coefficient (Wildman–Crippen LogP) is 5.83. The summed E-state index contributed by atoms with van der Waals surface area (Å²) in [4.78, 5) is 30.4. The van der Waals surface area contributed by atoms with E-state index in [2.05, 4.69) is 15.6 Å². The molecule has 9 nitrogen and oxygen atoms in total. The molecule has 0 spiro atoms. The maximum atomic E-state index is 13.7. The Labute approximate surface area is 251 Å². The van der Waals surface area contributed by atoms with Crippen molar-refractivity contribution in [3.8, 4) is 22.8 Å². The number of pyridine rings is 1. The number of amides is 2. The van der Waals surface area contributed by atoms with Gasteiger partial charge in [-0.2, -0.15) is 0 Å². The number of nitrogens with zero attached hydrogens (tertiary/aromatic N) is 1. The van der Waals surface area contributed by atoms with E-state index in [4.69, 9.17) is 14.2 Å². The molecule has 1 aromatic heterocycles. The number of hydrogen-bond donors (Lipinski definition) is 3. The van der Waals surface area contributed by atoms with Crippen molar-refractivity contribution < 1.29 is 33.3 Å². The first-order chi connectivity index (χ1) is 20.1. The molecule has 230 valence electrons. The fourth-order valence-corrected chi connectivity index (χ4v) is 4.28. The molecule has 3 N–H and O–H groups in total. The van der Waals surface area contributed by atoms with E-state index >= 15 is 0 Å². The molecule has 0 bridgehead atoms. The molecule has 2 amide bonds. The fourth-order valence-electron chi connectivity index (χ4n) is 4.28. The van der Waals surface area contributed by atoms with Gasteiger partial charge in [0.1, 0.15) is 17.0 Å². The maximum Gasteiger partial charge on any atom is 0.408 e. The van der Waals surface area contributed by atoms with E-state index in [1.165, 1.54) is 26.2 Å². The van der Waals surface area contributed by atoms with Gasteiger partial charge in [0.15, 0.2) is 11.5 Å². The van der Waals surface area contributed by atoms with Crippen LogP contribution >= 0.6 is 0 Å². The predicted molar refractivity (Wildman–Crippen MR) is 161 cm³/mol. The largest absolute Gasteiger partial charge is 0.493 e. The van der Waals surface area contributed by atoms with Gasteiger partial charge in [-0.25, -0.2) is 14.2 Å². The number of nitrogens with one attached hydrogen (secondary N) is 2. The molecular formula is C33H40FN3O6. The summed E-state index contributed by atoms with van der Waals surface area (Å²) in [6.45, 7) is 10.3. The first-order valence-electron chi connectivity index (χ1n) is 14.2. The summed E-state index contributed by atoms with van der Waals surface area (Å²) >= 11 is 0. The lowest BCUT2D eigenvalue weighted by molar-refractivity contribution is 0.0464. The summed E-state index contributed by atoms with van der Waals surface area (Å²) in [5, 5.41) is 17.2. The lowest BCUT2D eigenvalue weighted by Gasteiger charge is -2.31. The number of halogens is 1. The van der Waals surface area contributed by atoms with Gasteiger partial charge in [0.25, 0.3) is 5.91 Å². The van der Waals surface area contributed by atoms with Crippen LogP contribution in [0.25, 0.3) is 11.3 Å². The highest BCUT2D eigenvalue weighted by molar-refractivity contribution is 5.95. The molecule has 1 unspecified atom stereocenters. The molecule has 0 saturated heterocycles. The SMILES string of the molecule is COc1cc(C(=O)NCC(C)(O)c2cc(C(C)(C)NC(=O)OC(C)(C)C)cc(-c3ccc(F)cc3)n2)ccc1OC1CC1. The Balaban J connectivity index is 1.60. The van der Waals surface area contributed by atoms with Crippen LogP contribution < -0.4 is 20.1 Å². The van der Waals surface area contributed by atoms with E-state index in [-0.39, 0.29) is 18.3 Å². The second-order valence-corrected chi connectivity index (χ2v) is 12.5. The summed E-state index contributed by atoms with van der Waals surface area (Å²) in [5.41, 5.74) is -1.00. The number of aliphatic hydroxyl groups is 1. The number of carbonyl (C=O) groups excluding carboxylic acids is 2. The third-order valence-electron chi connectivity index (χ3n) is 6.89. The zero-order valence-electron chi connectivity index (χ0n) is 25.7. The van der Waals surface area contributed by atoms with Crippen LogP contribution in [0.15, 0.2) is 54.6 Å². The minimum Gasteiger partial charge on any atom is -0.493 e. The standard InChI is InChI=1S/C33H40FN3O6/c1-31(2,3)43-30(39)37-32(4,5)22-17-25(20-8-11-23(34)12-9-20)36-28(18-22)33(6,40)19-35-29(38)21-10-15-26(27(16-21)41-7)42-24-13-14-24/h8-12,15-18,24,40H,13-14,19H2,1-7H3,(H,35,38)(H,37,39). The molecule has 43 heavy (non-hydrogen) atoms. The van der Waals surface area contributed by atoms with Crippen molar-refractivity contribution in [2.24, 2.45) is 0 Å². The van der Waals surface area contributed by atoms with Crippen LogP contribution in [0.5, 0.6) is 11.5 Å². The normalized spacial score (nSPS) is 14.8.